The minimum atomic E-state index is 0.229. The number of anilines is 1. The average Bonchev–Trinajstić information content (AvgIpc) is 2.24. The van der Waals surface area contributed by atoms with Gasteiger partial charge in [0, 0.05) is 18.8 Å². The van der Waals surface area contributed by atoms with E-state index >= 15 is 0 Å². The van der Waals surface area contributed by atoms with Gasteiger partial charge < -0.3 is 10.6 Å². The number of hydrogen-bond acceptors (Lipinski definition) is 2. The molecule has 0 atom stereocenters. The molecular weight excluding hydrogens is 208 g/mol. The molecular formula is C15H26N2. The Kier molecular flexibility index (Phi) is 5.01. The lowest BCUT2D eigenvalue weighted by Gasteiger charge is -2.21. The van der Waals surface area contributed by atoms with Crippen LogP contribution in [0.5, 0.6) is 0 Å². The number of likely N-dealkylation sites (N-methyl/N-ethyl adjacent to an activating group) is 1. The maximum atomic E-state index is 3.46. The SMILES string of the molecule is CCNCCNc1ccc(C(C)(C)C)cc1C. The van der Waals surface area contributed by atoms with E-state index < -0.39 is 0 Å². The number of nitrogens with one attached hydrogen (secondary N) is 2. The summed E-state index contributed by atoms with van der Waals surface area (Å²) in [6.45, 7) is 14.1. The molecule has 0 saturated carbocycles. The van der Waals surface area contributed by atoms with Crippen LogP contribution in [0.1, 0.15) is 38.8 Å². The molecule has 2 nitrogen and oxygen atoms in total. The first-order valence-electron chi connectivity index (χ1n) is 6.51. The summed E-state index contributed by atoms with van der Waals surface area (Å²) in [6, 6.07) is 6.71. The van der Waals surface area contributed by atoms with Crippen LogP contribution in [0.25, 0.3) is 0 Å². The third-order valence-corrected chi connectivity index (χ3v) is 2.96. The molecule has 0 saturated heterocycles. The van der Waals surface area contributed by atoms with Gasteiger partial charge in [0.15, 0.2) is 0 Å². The van der Waals surface area contributed by atoms with Crippen molar-refractivity contribution in [1.29, 1.82) is 0 Å². The lowest BCUT2D eigenvalue weighted by atomic mass is 9.86. The van der Waals surface area contributed by atoms with E-state index in [4.69, 9.17) is 0 Å². The second kappa shape index (κ2) is 6.06. The molecule has 0 aromatic heterocycles. The molecule has 0 aliphatic rings. The van der Waals surface area contributed by atoms with Crippen molar-refractivity contribution < 1.29 is 0 Å². The van der Waals surface area contributed by atoms with Crippen molar-refractivity contribution >= 4 is 5.69 Å². The summed E-state index contributed by atoms with van der Waals surface area (Å²) in [5.41, 5.74) is 4.20. The van der Waals surface area contributed by atoms with Crippen LogP contribution in [-0.4, -0.2) is 19.6 Å². The normalized spacial score (nSPS) is 11.6. The van der Waals surface area contributed by atoms with Crippen molar-refractivity contribution in [2.75, 3.05) is 25.0 Å². The van der Waals surface area contributed by atoms with E-state index in [1.165, 1.54) is 16.8 Å². The molecule has 2 heteroatoms. The minimum Gasteiger partial charge on any atom is -0.384 e. The fourth-order valence-electron chi connectivity index (χ4n) is 1.79. The zero-order chi connectivity index (χ0) is 12.9. The van der Waals surface area contributed by atoms with Gasteiger partial charge in [-0.1, -0.05) is 39.8 Å². The van der Waals surface area contributed by atoms with Gasteiger partial charge in [-0.25, -0.2) is 0 Å². The van der Waals surface area contributed by atoms with E-state index in [2.05, 4.69) is 63.5 Å². The van der Waals surface area contributed by atoms with Gasteiger partial charge >= 0.3 is 0 Å². The van der Waals surface area contributed by atoms with E-state index in [0.29, 0.717) is 0 Å². The van der Waals surface area contributed by atoms with Crippen LogP contribution in [0.2, 0.25) is 0 Å². The van der Waals surface area contributed by atoms with Crippen molar-refractivity contribution in [3.8, 4) is 0 Å². The fourth-order valence-corrected chi connectivity index (χ4v) is 1.79. The van der Waals surface area contributed by atoms with Crippen molar-refractivity contribution in [2.45, 2.75) is 40.0 Å². The molecule has 0 heterocycles. The van der Waals surface area contributed by atoms with Crippen molar-refractivity contribution in [1.82, 2.24) is 5.32 Å². The highest BCUT2D eigenvalue weighted by atomic mass is 14.9. The summed E-state index contributed by atoms with van der Waals surface area (Å²) in [5, 5.41) is 6.78. The molecule has 1 rings (SSSR count). The highest BCUT2D eigenvalue weighted by Crippen LogP contribution is 2.26. The number of aryl methyl sites for hydroxylation is 1. The number of benzene rings is 1. The molecule has 2 N–H and O–H groups in total. The Hall–Kier alpha value is -1.02. The predicted octanol–water partition coefficient (Wildman–Crippen LogP) is 3.31. The van der Waals surface area contributed by atoms with Crippen LogP contribution < -0.4 is 10.6 Å². The highest BCUT2D eigenvalue weighted by molar-refractivity contribution is 5.53. The third-order valence-electron chi connectivity index (χ3n) is 2.96. The Bertz CT molecular complexity index is 350. The van der Waals surface area contributed by atoms with Gasteiger partial charge in [0.25, 0.3) is 0 Å². The van der Waals surface area contributed by atoms with Gasteiger partial charge in [-0.15, -0.1) is 0 Å². The molecule has 17 heavy (non-hydrogen) atoms. The standard InChI is InChI=1S/C15H26N2/c1-6-16-9-10-17-14-8-7-13(11-12(14)2)15(3,4)5/h7-8,11,16-17H,6,9-10H2,1-5H3. The zero-order valence-electron chi connectivity index (χ0n) is 11.9. The molecule has 1 aromatic rings. The van der Waals surface area contributed by atoms with Crippen LogP contribution >= 0.6 is 0 Å². The van der Waals surface area contributed by atoms with E-state index in [9.17, 15) is 0 Å². The molecule has 0 fully saturated rings. The Labute approximate surface area is 106 Å². The molecule has 1 aromatic carbocycles. The molecule has 0 unspecified atom stereocenters. The predicted molar refractivity (Wildman–Crippen MR) is 76.9 cm³/mol. The van der Waals surface area contributed by atoms with Gasteiger partial charge in [-0.05, 0) is 36.1 Å². The monoisotopic (exact) mass is 234 g/mol. The van der Waals surface area contributed by atoms with Crippen molar-refractivity contribution in [3.05, 3.63) is 29.3 Å². The van der Waals surface area contributed by atoms with E-state index in [1.807, 2.05) is 0 Å². The second-order valence-corrected chi connectivity index (χ2v) is 5.56. The summed E-state index contributed by atoms with van der Waals surface area (Å²) < 4.78 is 0. The molecule has 0 aliphatic carbocycles. The Morgan fingerprint density at radius 3 is 2.35 bits per heavy atom. The largest absolute Gasteiger partial charge is 0.384 e. The zero-order valence-corrected chi connectivity index (χ0v) is 11.9. The van der Waals surface area contributed by atoms with Gasteiger partial charge in [0.05, 0.1) is 0 Å². The Morgan fingerprint density at radius 1 is 1.12 bits per heavy atom. The summed E-state index contributed by atoms with van der Waals surface area (Å²) in [7, 11) is 0. The topological polar surface area (TPSA) is 24.1 Å². The molecule has 0 amide bonds. The third kappa shape index (κ3) is 4.39. The van der Waals surface area contributed by atoms with E-state index in [0.717, 1.165) is 19.6 Å². The summed E-state index contributed by atoms with van der Waals surface area (Å²) in [6.07, 6.45) is 0. The first-order valence-corrected chi connectivity index (χ1v) is 6.51. The number of rotatable bonds is 5. The lowest BCUT2D eigenvalue weighted by molar-refractivity contribution is 0.590. The molecule has 96 valence electrons. The second-order valence-electron chi connectivity index (χ2n) is 5.56. The molecule has 0 aliphatic heterocycles. The van der Waals surface area contributed by atoms with E-state index in [1.54, 1.807) is 0 Å². The van der Waals surface area contributed by atoms with Gasteiger partial charge in [0.1, 0.15) is 0 Å². The van der Waals surface area contributed by atoms with Crippen LogP contribution in [0.4, 0.5) is 5.69 Å². The summed E-state index contributed by atoms with van der Waals surface area (Å²) in [4.78, 5) is 0. The summed E-state index contributed by atoms with van der Waals surface area (Å²) in [5.74, 6) is 0. The van der Waals surface area contributed by atoms with Crippen LogP contribution in [0.3, 0.4) is 0 Å². The van der Waals surface area contributed by atoms with E-state index in [-0.39, 0.29) is 5.41 Å². The van der Waals surface area contributed by atoms with Crippen molar-refractivity contribution in [3.63, 3.8) is 0 Å². The van der Waals surface area contributed by atoms with Crippen LogP contribution in [0, 0.1) is 6.92 Å². The number of hydrogen-bond donors (Lipinski definition) is 2. The lowest BCUT2D eigenvalue weighted by Crippen LogP contribution is -2.22. The maximum Gasteiger partial charge on any atom is 0.0370 e. The van der Waals surface area contributed by atoms with Crippen LogP contribution in [-0.2, 0) is 5.41 Å². The van der Waals surface area contributed by atoms with Crippen LogP contribution in [0.15, 0.2) is 18.2 Å². The molecule has 0 radical (unpaired) electrons. The smallest absolute Gasteiger partial charge is 0.0370 e. The Morgan fingerprint density at radius 2 is 1.82 bits per heavy atom. The van der Waals surface area contributed by atoms with Gasteiger partial charge in [-0.3, -0.25) is 0 Å². The van der Waals surface area contributed by atoms with Crippen molar-refractivity contribution in [2.24, 2.45) is 0 Å². The highest BCUT2D eigenvalue weighted by Gasteiger charge is 2.14. The molecule has 0 bridgehead atoms. The first-order chi connectivity index (χ1) is 7.95. The summed E-state index contributed by atoms with van der Waals surface area (Å²) >= 11 is 0. The van der Waals surface area contributed by atoms with Gasteiger partial charge in [0.2, 0.25) is 0 Å². The Balaban J connectivity index is 2.64. The quantitative estimate of drug-likeness (QED) is 0.764. The fraction of sp³-hybridized carbons (Fsp3) is 0.600. The maximum absolute atomic E-state index is 3.46. The van der Waals surface area contributed by atoms with Gasteiger partial charge in [-0.2, -0.15) is 0 Å². The minimum absolute atomic E-state index is 0.229. The first kappa shape index (κ1) is 14.0. The average molecular weight is 234 g/mol. The molecule has 0 spiro atoms.